The van der Waals surface area contributed by atoms with E-state index in [1.54, 1.807) is 0 Å². The van der Waals surface area contributed by atoms with E-state index in [0.29, 0.717) is 12.0 Å². The Balaban J connectivity index is 1.93. The highest BCUT2D eigenvalue weighted by atomic mass is 15.2. The largest absolute Gasteiger partial charge is 0.330 e. The van der Waals surface area contributed by atoms with E-state index in [1.165, 1.54) is 48.9 Å². The molecular formula is C17H26N2. The highest BCUT2D eigenvalue weighted by Gasteiger charge is 2.39. The molecule has 1 aliphatic carbocycles. The van der Waals surface area contributed by atoms with Crippen LogP contribution >= 0.6 is 0 Å². The molecule has 0 bridgehead atoms. The fourth-order valence-corrected chi connectivity index (χ4v) is 3.58. The summed E-state index contributed by atoms with van der Waals surface area (Å²) < 4.78 is 0. The van der Waals surface area contributed by atoms with Gasteiger partial charge in [-0.25, -0.2) is 0 Å². The Morgan fingerprint density at radius 2 is 1.95 bits per heavy atom. The summed E-state index contributed by atoms with van der Waals surface area (Å²) in [5, 5.41) is 0. The average molecular weight is 258 g/mol. The molecular weight excluding hydrogens is 232 g/mol. The minimum Gasteiger partial charge on any atom is -0.330 e. The first-order valence-corrected chi connectivity index (χ1v) is 7.73. The molecule has 2 aliphatic rings. The molecule has 1 heterocycles. The first-order chi connectivity index (χ1) is 9.20. The highest BCUT2D eigenvalue weighted by Crippen LogP contribution is 2.42. The van der Waals surface area contributed by atoms with Crippen molar-refractivity contribution >= 4 is 0 Å². The van der Waals surface area contributed by atoms with Gasteiger partial charge in [0.1, 0.15) is 0 Å². The van der Waals surface area contributed by atoms with E-state index in [-0.39, 0.29) is 0 Å². The fourth-order valence-electron chi connectivity index (χ4n) is 3.58. The minimum absolute atomic E-state index is 0.561. The molecule has 1 saturated heterocycles. The van der Waals surface area contributed by atoms with Crippen molar-refractivity contribution < 1.29 is 0 Å². The summed E-state index contributed by atoms with van der Waals surface area (Å²) >= 11 is 0. The van der Waals surface area contributed by atoms with Crippen molar-refractivity contribution in [2.24, 2.45) is 11.7 Å². The van der Waals surface area contributed by atoms with Gasteiger partial charge in [-0.05, 0) is 75.2 Å². The molecule has 19 heavy (non-hydrogen) atoms. The SMILES string of the molecule is Cc1ccc(C2C(CN)CCCN2C2CC2)cc1C. The first-order valence-electron chi connectivity index (χ1n) is 7.73. The summed E-state index contributed by atoms with van der Waals surface area (Å²) in [5.41, 5.74) is 10.3. The molecule has 1 aromatic carbocycles. The average Bonchev–Trinajstić information content (AvgIpc) is 3.25. The normalized spacial score (nSPS) is 28.6. The molecule has 104 valence electrons. The summed E-state index contributed by atoms with van der Waals surface area (Å²) in [6.07, 6.45) is 5.38. The zero-order valence-electron chi connectivity index (χ0n) is 12.2. The molecule has 1 aromatic rings. The molecule has 2 unspecified atom stereocenters. The number of aryl methyl sites for hydroxylation is 2. The highest BCUT2D eigenvalue weighted by molar-refractivity contribution is 5.32. The van der Waals surface area contributed by atoms with Gasteiger partial charge in [0.25, 0.3) is 0 Å². The van der Waals surface area contributed by atoms with Crippen LogP contribution in [0.4, 0.5) is 0 Å². The lowest BCUT2D eigenvalue weighted by atomic mass is 9.83. The van der Waals surface area contributed by atoms with Crippen LogP contribution in [0.15, 0.2) is 18.2 Å². The van der Waals surface area contributed by atoms with Gasteiger partial charge in [-0.3, -0.25) is 4.90 Å². The lowest BCUT2D eigenvalue weighted by molar-refractivity contribution is 0.0879. The van der Waals surface area contributed by atoms with Crippen LogP contribution in [-0.2, 0) is 0 Å². The topological polar surface area (TPSA) is 29.3 Å². The maximum atomic E-state index is 6.06. The number of nitrogens with zero attached hydrogens (tertiary/aromatic N) is 1. The van der Waals surface area contributed by atoms with Gasteiger partial charge in [0.05, 0.1) is 0 Å². The van der Waals surface area contributed by atoms with Crippen molar-refractivity contribution in [2.75, 3.05) is 13.1 Å². The Labute approximate surface area is 117 Å². The van der Waals surface area contributed by atoms with Crippen molar-refractivity contribution in [2.45, 2.75) is 51.6 Å². The van der Waals surface area contributed by atoms with Gasteiger partial charge in [-0.2, -0.15) is 0 Å². The Morgan fingerprint density at radius 3 is 2.58 bits per heavy atom. The first kappa shape index (κ1) is 13.1. The van der Waals surface area contributed by atoms with Crippen molar-refractivity contribution in [1.29, 1.82) is 0 Å². The van der Waals surface area contributed by atoms with Crippen LogP contribution in [0.25, 0.3) is 0 Å². The fraction of sp³-hybridized carbons (Fsp3) is 0.647. The van der Waals surface area contributed by atoms with Gasteiger partial charge >= 0.3 is 0 Å². The third kappa shape index (κ3) is 2.56. The quantitative estimate of drug-likeness (QED) is 0.902. The maximum absolute atomic E-state index is 6.06. The number of rotatable bonds is 3. The summed E-state index contributed by atoms with van der Waals surface area (Å²) in [4.78, 5) is 2.74. The van der Waals surface area contributed by atoms with Crippen LogP contribution in [0.3, 0.4) is 0 Å². The van der Waals surface area contributed by atoms with Crippen LogP contribution in [0.2, 0.25) is 0 Å². The molecule has 2 atom stereocenters. The van der Waals surface area contributed by atoms with E-state index in [2.05, 4.69) is 36.9 Å². The van der Waals surface area contributed by atoms with Gasteiger partial charge in [0.15, 0.2) is 0 Å². The van der Waals surface area contributed by atoms with Crippen LogP contribution in [0.5, 0.6) is 0 Å². The van der Waals surface area contributed by atoms with Crippen LogP contribution in [-0.4, -0.2) is 24.0 Å². The molecule has 2 heteroatoms. The second-order valence-electron chi connectivity index (χ2n) is 6.40. The van der Waals surface area contributed by atoms with Crippen molar-refractivity contribution in [3.63, 3.8) is 0 Å². The lowest BCUT2D eigenvalue weighted by Crippen LogP contribution is -2.42. The van der Waals surface area contributed by atoms with Crippen LogP contribution in [0.1, 0.15) is 48.4 Å². The third-order valence-electron chi connectivity index (χ3n) is 4.99. The van der Waals surface area contributed by atoms with Gasteiger partial charge < -0.3 is 5.73 Å². The molecule has 0 amide bonds. The van der Waals surface area contributed by atoms with E-state index < -0.39 is 0 Å². The lowest BCUT2D eigenvalue weighted by Gasteiger charge is -2.42. The monoisotopic (exact) mass is 258 g/mol. The maximum Gasteiger partial charge on any atom is 0.0391 e. The Hall–Kier alpha value is -0.860. The zero-order valence-corrected chi connectivity index (χ0v) is 12.2. The summed E-state index contributed by atoms with van der Waals surface area (Å²) in [7, 11) is 0. The molecule has 1 aliphatic heterocycles. The van der Waals surface area contributed by atoms with Crippen molar-refractivity contribution in [1.82, 2.24) is 4.90 Å². The molecule has 0 aromatic heterocycles. The molecule has 2 fully saturated rings. The predicted octanol–water partition coefficient (Wildman–Crippen LogP) is 3.18. The molecule has 1 saturated carbocycles. The standard InChI is InChI=1S/C17H26N2/c1-12-5-6-14(10-13(12)2)17-15(11-18)4-3-9-19(17)16-7-8-16/h5-6,10,15-17H,3-4,7-9,11,18H2,1-2H3. The molecule has 0 radical (unpaired) electrons. The van der Waals surface area contributed by atoms with Gasteiger partial charge in [0.2, 0.25) is 0 Å². The van der Waals surface area contributed by atoms with E-state index in [0.717, 1.165) is 12.6 Å². The van der Waals surface area contributed by atoms with Crippen molar-refractivity contribution in [3.8, 4) is 0 Å². The van der Waals surface area contributed by atoms with E-state index >= 15 is 0 Å². The number of hydrogen-bond acceptors (Lipinski definition) is 2. The van der Waals surface area contributed by atoms with Crippen molar-refractivity contribution in [3.05, 3.63) is 34.9 Å². The zero-order chi connectivity index (χ0) is 13.4. The van der Waals surface area contributed by atoms with Crippen LogP contribution in [0, 0.1) is 19.8 Å². The Bertz CT molecular complexity index is 451. The molecule has 2 nitrogen and oxygen atoms in total. The Morgan fingerprint density at radius 1 is 1.16 bits per heavy atom. The Kier molecular flexibility index (Phi) is 3.64. The van der Waals surface area contributed by atoms with Gasteiger partial charge in [-0.15, -0.1) is 0 Å². The van der Waals surface area contributed by atoms with Gasteiger partial charge in [-0.1, -0.05) is 18.2 Å². The van der Waals surface area contributed by atoms with E-state index in [9.17, 15) is 0 Å². The van der Waals surface area contributed by atoms with E-state index in [4.69, 9.17) is 5.73 Å². The number of benzene rings is 1. The molecule has 2 N–H and O–H groups in total. The number of nitrogens with two attached hydrogens (primary N) is 1. The number of piperidine rings is 1. The molecule has 0 spiro atoms. The van der Waals surface area contributed by atoms with E-state index in [1.807, 2.05) is 0 Å². The number of hydrogen-bond donors (Lipinski definition) is 1. The smallest absolute Gasteiger partial charge is 0.0391 e. The second kappa shape index (κ2) is 5.26. The minimum atomic E-state index is 0.561. The summed E-state index contributed by atoms with van der Waals surface area (Å²) in [6.45, 7) is 6.50. The molecule has 3 rings (SSSR count). The number of likely N-dealkylation sites (tertiary alicyclic amines) is 1. The predicted molar refractivity (Wildman–Crippen MR) is 80.2 cm³/mol. The summed E-state index contributed by atoms with van der Waals surface area (Å²) in [5.74, 6) is 0.636. The second-order valence-corrected chi connectivity index (χ2v) is 6.40. The van der Waals surface area contributed by atoms with Gasteiger partial charge in [0, 0.05) is 12.1 Å². The third-order valence-corrected chi connectivity index (χ3v) is 4.99. The van der Waals surface area contributed by atoms with Crippen LogP contribution < -0.4 is 5.73 Å². The summed E-state index contributed by atoms with van der Waals surface area (Å²) in [6, 6.07) is 8.39.